The number of hydrogen-bond acceptors (Lipinski definition) is 1. The molecule has 2 aromatic rings. The SMILES string of the molecule is Clc1ccccc1NC1CCCCC1c1ccccc1. The van der Waals surface area contributed by atoms with Gasteiger partial charge in [0.15, 0.2) is 0 Å². The van der Waals surface area contributed by atoms with Gasteiger partial charge in [-0.15, -0.1) is 0 Å². The molecule has 0 radical (unpaired) electrons. The Balaban J connectivity index is 1.81. The van der Waals surface area contributed by atoms with E-state index in [0.29, 0.717) is 12.0 Å². The first kappa shape index (κ1) is 13.5. The fourth-order valence-electron chi connectivity index (χ4n) is 3.18. The van der Waals surface area contributed by atoms with Crippen LogP contribution in [-0.4, -0.2) is 6.04 Å². The number of halogens is 1. The maximum Gasteiger partial charge on any atom is 0.0637 e. The van der Waals surface area contributed by atoms with E-state index in [0.717, 1.165) is 10.7 Å². The quantitative estimate of drug-likeness (QED) is 0.787. The Kier molecular flexibility index (Phi) is 4.27. The lowest BCUT2D eigenvalue weighted by atomic mass is 9.80. The second-order valence-electron chi connectivity index (χ2n) is 5.53. The van der Waals surface area contributed by atoms with Gasteiger partial charge in [-0.25, -0.2) is 0 Å². The Hall–Kier alpha value is -1.47. The minimum Gasteiger partial charge on any atom is -0.380 e. The predicted molar refractivity (Wildman–Crippen MR) is 86.5 cm³/mol. The molecule has 2 unspecified atom stereocenters. The number of para-hydroxylation sites is 1. The van der Waals surface area contributed by atoms with E-state index >= 15 is 0 Å². The normalized spacial score (nSPS) is 22.4. The lowest BCUT2D eigenvalue weighted by molar-refractivity contribution is 0.405. The predicted octanol–water partition coefficient (Wildman–Crippen LogP) is 5.48. The van der Waals surface area contributed by atoms with Crippen LogP contribution in [-0.2, 0) is 0 Å². The molecule has 1 aliphatic carbocycles. The highest BCUT2D eigenvalue weighted by atomic mass is 35.5. The topological polar surface area (TPSA) is 12.0 Å². The van der Waals surface area contributed by atoms with Crippen LogP contribution >= 0.6 is 11.6 Å². The molecule has 104 valence electrons. The van der Waals surface area contributed by atoms with Crippen LogP contribution in [0.1, 0.15) is 37.2 Å². The van der Waals surface area contributed by atoms with Crippen molar-refractivity contribution in [2.45, 2.75) is 37.6 Å². The molecule has 0 amide bonds. The third-order valence-electron chi connectivity index (χ3n) is 4.21. The summed E-state index contributed by atoms with van der Waals surface area (Å²) in [6.07, 6.45) is 5.09. The van der Waals surface area contributed by atoms with Gasteiger partial charge in [0.05, 0.1) is 10.7 Å². The summed E-state index contributed by atoms with van der Waals surface area (Å²) in [5.74, 6) is 0.584. The zero-order chi connectivity index (χ0) is 13.8. The highest BCUT2D eigenvalue weighted by molar-refractivity contribution is 6.33. The van der Waals surface area contributed by atoms with E-state index in [-0.39, 0.29) is 0 Å². The Bertz CT molecular complexity index is 552. The zero-order valence-corrected chi connectivity index (χ0v) is 12.3. The van der Waals surface area contributed by atoms with Gasteiger partial charge in [0.2, 0.25) is 0 Å². The largest absolute Gasteiger partial charge is 0.380 e. The number of anilines is 1. The molecule has 1 nitrogen and oxygen atoms in total. The molecule has 0 aromatic heterocycles. The fourth-order valence-corrected chi connectivity index (χ4v) is 3.37. The third-order valence-corrected chi connectivity index (χ3v) is 4.54. The molecule has 0 heterocycles. The molecular weight excluding hydrogens is 266 g/mol. The van der Waals surface area contributed by atoms with Crippen LogP contribution in [0, 0.1) is 0 Å². The maximum atomic E-state index is 6.27. The van der Waals surface area contributed by atoms with Crippen molar-refractivity contribution >= 4 is 17.3 Å². The van der Waals surface area contributed by atoms with E-state index in [1.165, 1.54) is 31.2 Å². The fraction of sp³-hybridized carbons (Fsp3) is 0.333. The summed E-state index contributed by atoms with van der Waals surface area (Å²) in [7, 11) is 0. The molecule has 0 saturated heterocycles. The van der Waals surface area contributed by atoms with Crippen molar-refractivity contribution in [1.82, 2.24) is 0 Å². The first-order valence-electron chi connectivity index (χ1n) is 7.40. The van der Waals surface area contributed by atoms with Gasteiger partial charge in [-0.3, -0.25) is 0 Å². The molecular formula is C18H20ClN. The first-order valence-corrected chi connectivity index (χ1v) is 7.78. The van der Waals surface area contributed by atoms with Gasteiger partial charge >= 0.3 is 0 Å². The highest BCUT2D eigenvalue weighted by Gasteiger charge is 2.26. The molecule has 1 fully saturated rings. The van der Waals surface area contributed by atoms with Crippen molar-refractivity contribution in [2.75, 3.05) is 5.32 Å². The van der Waals surface area contributed by atoms with Gasteiger partial charge < -0.3 is 5.32 Å². The molecule has 2 heteroatoms. The van der Waals surface area contributed by atoms with Crippen LogP contribution in [0.4, 0.5) is 5.69 Å². The first-order chi connectivity index (χ1) is 9.84. The Morgan fingerprint density at radius 2 is 1.55 bits per heavy atom. The Morgan fingerprint density at radius 1 is 0.850 bits per heavy atom. The molecule has 0 aliphatic heterocycles. The van der Waals surface area contributed by atoms with E-state index in [9.17, 15) is 0 Å². The Labute approximate surface area is 126 Å². The summed E-state index contributed by atoms with van der Waals surface area (Å²) in [4.78, 5) is 0. The lowest BCUT2D eigenvalue weighted by Crippen LogP contribution is -2.30. The summed E-state index contributed by atoms with van der Waals surface area (Å²) < 4.78 is 0. The van der Waals surface area contributed by atoms with Crippen molar-refractivity contribution in [1.29, 1.82) is 0 Å². The van der Waals surface area contributed by atoms with E-state index < -0.39 is 0 Å². The lowest BCUT2D eigenvalue weighted by Gasteiger charge is -2.33. The minimum atomic E-state index is 0.478. The summed E-state index contributed by atoms with van der Waals surface area (Å²) >= 11 is 6.27. The summed E-state index contributed by atoms with van der Waals surface area (Å²) in [6.45, 7) is 0. The van der Waals surface area contributed by atoms with Crippen molar-refractivity contribution in [3.63, 3.8) is 0 Å². The van der Waals surface area contributed by atoms with Crippen molar-refractivity contribution in [3.05, 3.63) is 65.2 Å². The molecule has 1 aliphatic rings. The van der Waals surface area contributed by atoms with E-state index in [4.69, 9.17) is 11.6 Å². The molecule has 1 N–H and O–H groups in total. The maximum absolute atomic E-state index is 6.27. The van der Waals surface area contributed by atoms with Crippen LogP contribution in [0.15, 0.2) is 54.6 Å². The number of hydrogen-bond donors (Lipinski definition) is 1. The molecule has 20 heavy (non-hydrogen) atoms. The average Bonchev–Trinajstić information content (AvgIpc) is 2.51. The van der Waals surface area contributed by atoms with E-state index in [2.05, 4.69) is 41.7 Å². The van der Waals surface area contributed by atoms with E-state index in [1.807, 2.05) is 18.2 Å². The van der Waals surface area contributed by atoms with E-state index in [1.54, 1.807) is 0 Å². The standard InChI is InChI=1S/C18H20ClN/c19-16-11-5-7-13-18(16)20-17-12-6-4-10-15(17)14-8-2-1-3-9-14/h1-3,5,7-9,11,13,15,17,20H,4,6,10,12H2. The van der Waals surface area contributed by atoms with Crippen LogP contribution < -0.4 is 5.32 Å². The molecule has 2 aromatic carbocycles. The van der Waals surface area contributed by atoms with Crippen molar-refractivity contribution in [2.24, 2.45) is 0 Å². The van der Waals surface area contributed by atoms with Crippen LogP contribution in [0.25, 0.3) is 0 Å². The summed E-state index contributed by atoms with van der Waals surface area (Å²) in [5, 5.41) is 4.48. The third kappa shape index (κ3) is 2.99. The smallest absolute Gasteiger partial charge is 0.0637 e. The number of nitrogens with one attached hydrogen (secondary N) is 1. The molecule has 1 saturated carbocycles. The number of rotatable bonds is 3. The minimum absolute atomic E-state index is 0.478. The van der Waals surface area contributed by atoms with Crippen molar-refractivity contribution < 1.29 is 0 Å². The van der Waals surface area contributed by atoms with Crippen LogP contribution in [0.3, 0.4) is 0 Å². The monoisotopic (exact) mass is 285 g/mol. The average molecular weight is 286 g/mol. The van der Waals surface area contributed by atoms with Crippen LogP contribution in [0.5, 0.6) is 0 Å². The zero-order valence-electron chi connectivity index (χ0n) is 11.6. The van der Waals surface area contributed by atoms with Gasteiger partial charge in [-0.05, 0) is 30.5 Å². The van der Waals surface area contributed by atoms with Crippen LogP contribution in [0.2, 0.25) is 5.02 Å². The van der Waals surface area contributed by atoms with Gasteiger partial charge in [0.1, 0.15) is 0 Å². The summed E-state index contributed by atoms with van der Waals surface area (Å²) in [6, 6.07) is 19.4. The Morgan fingerprint density at radius 3 is 2.35 bits per heavy atom. The second-order valence-corrected chi connectivity index (χ2v) is 5.94. The summed E-state index contributed by atoms with van der Waals surface area (Å²) in [5.41, 5.74) is 2.50. The molecule has 3 rings (SSSR count). The molecule has 0 bridgehead atoms. The molecule has 0 spiro atoms. The van der Waals surface area contributed by atoms with Gasteiger partial charge in [-0.2, -0.15) is 0 Å². The highest BCUT2D eigenvalue weighted by Crippen LogP contribution is 2.36. The van der Waals surface area contributed by atoms with Gasteiger partial charge in [0, 0.05) is 12.0 Å². The van der Waals surface area contributed by atoms with Crippen molar-refractivity contribution in [3.8, 4) is 0 Å². The molecule has 2 atom stereocenters. The van der Waals surface area contributed by atoms with Gasteiger partial charge in [0.25, 0.3) is 0 Å². The van der Waals surface area contributed by atoms with Gasteiger partial charge in [-0.1, -0.05) is 66.9 Å². The second kappa shape index (κ2) is 6.32. The number of benzene rings is 2.